The van der Waals surface area contributed by atoms with Gasteiger partial charge in [0.05, 0.1) is 11.0 Å². The first kappa shape index (κ1) is 13.0. The van der Waals surface area contributed by atoms with Gasteiger partial charge in [-0.2, -0.15) is 0 Å². The van der Waals surface area contributed by atoms with Gasteiger partial charge >= 0.3 is 0 Å². The van der Waals surface area contributed by atoms with Crippen molar-refractivity contribution in [1.82, 2.24) is 5.32 Å². The van der Waals surface area contributed by atoms with Gasteiger partial charge in [-0.15, -0.1) is 0 Å². The van der Waals surface area contributed by atoms with Gasteiger partial charge in [-0.3, -0.25) is 4.79 Å². The lowest BCUT2D eigenvalue weighted by atomic mass is 10.1. The topological polar surface area (TPSA) is 55.1 Å². The Morgan fingerprint density at radius 3 is 2.56 bits per heavy atom. The Morgan fingerprint density at radius 1 is 1.39 bits per heavy atom. The molecule has 0 bridgehead atoms. The van der Waals surface area contributed by atoms with Crippen LogP contribution in [0.2, 0.25) is 0 Å². The van der Waals surface area contributed by atoms with Gasteiger partial charge in [0.25, 0.3) is 5.91 Å². The molecule has 1 unspecified atom stereocenters. The third kappa shape index (κ3) is 2.88. The van der Waals surface area contributed by atoms with E-state index in [4.69, 9.17) is 18.0 Å². The van der Waals surface area contributed by atoms with Crippen molar-refractivity contribution in [2.24, 2.45) is 11.7 Å². The normalized spacial score (nSPS) is 16.1. The maximum Gasteiger partial charge on any atom is 0.251 e. The Labute approximate surface area is 113 Å². The van der Waals surface area contributed by atoms with Crippen LogP contribution < -0.4 is 11.1 Å². The zero-order chi connectivity index (χ0) is 13.3. The molecule has 1 aromatic carbocycles. The van der Waals surface area contributed by atoms with Gasteiger partial charge in [0.15, 0.2) is 0 Å². The lowest BCUT2D eigenvalue weighted by molar-refractivity contribution is 0.0943. The van der Waals surface area contributed by atoms with E-state index in [-0.39, 0.29) is 11.9 Å². The first-order valence-corrected chi connectivity index (χ1v) is 6.57. The zero-order valence-electron chi connectivity index (χ0n) is 10.7. The Morgan fingerprint density at radius 2 is 2.06 bits per heavy atom. The predicted molar refractivity (Wildman–Crippen MR) is 76.7 cm³/mol. The molecule has 0 spiro atoms. The number of aryl methyl sites for hydroxylation is 2. The van der Waals surface area contributed by atoms with Crippen LogP contribution in [0, 0.1) is 19.8 Å². The highest BCUT2D eigenvalue weighted by atomic mass is 32.1. The van der Waals surface area contributed by atoms with Crippen LogP contribution >= 0.6 is 12.2 Å². The average molecular weight is 262 g/mol. The Balaban J connectivity index is 2.10. The van der Waals surface area contributed by atoms with Crippen LogP contribution in [-0.2, 0) is 0 Å². The number of hydrogen-bond donors (Lipinski definition) is 2. The third-order valence-corrected chi connectivity index (χ3v) is 3.71. The van der Waals surface area contributed by atoms with Crippen molar-refractivity contribution >= 4 is 23.1 Å². The highest BCUT2D eigenvalue weighted by Gasteiger charge is 2.34. The molecule has 0 saturated heterocycles. The number of thiocarbonyl (C=S) groups is 1. The molecule has 0 aromatic heterocycles. The summed E-state index contributed by atoms with van der Waals surface area (Å²) in [6.07, 6.45) is 2.18. The molecule has 18 heavy (non-hydrogen) atoms. The fourth-order valence-electron chi connectivity index (χ4n) is 1.96. The van der Waals surface area contributed by atoms with E-state index in [2.05, 4.69) is 5.32 Å². The van der Waals surface area contributed by atoms with Crippen molar-refractivity contribution in [3.8, 4) is 0 Å². The van der Waals surface area contributed by atoms with Crippen LogP contribution in [0.5, 0.6) is 0 Å². The van der Waals surface area contributed by atoms with E-state index in [1.54, 1.807) is 0 Å². The number of nitrogens with two attached hydrogens (primary N) is 1. The summed E-state index contributed by atoms with van der Waals surface area (Å²) in [5, 5.41) is 2.94. The Hall–Kier alpha value is -1.42. The van der Waals surface area contributed by atoms with E-state index in [0.29, 0.717) is 16.5 Å². The molecule has 1 aliphatic carbocycles. The Bertz CT molecular complexity index is 495. The molecule has 1 aromatic rings. The van der Waals surface area contributed by atoms with Crippen LogP contribution in [0.3, 0.4) is 0 Å². The number of hydrogen-bond acceptors (Lipinski definition) is 2. The first-order valence-electron chi connectivity index (χ1n) is 6.16. The number of rotatable bonds is 4. The molecule has 1 fully saturated rings. The van der Waals surface area contributed by atoms with Crippen molar-refractivity contribution in [3.63, 3.8) is 0 Å². The highest BCUT2D eigenvalue weighted by Crippen LogP contribution is 2.32. The number of carbonyl (C=O) groups excluding carboxylic acids is 1. The number of amides is 1. The lowest BCUT2D eigenvalue weighted by Gasteiger charge is -2.17. The number of carbonyl (C=O) groups is 1. The van der Waals surface area contributed by atoms with Crippen molar-refractivity contribution in [3.05, 3.63) is 34.9 Å². The molecular formula is C14H18N2OS. The summed E-state index contributed by atoms with van der Waals surface area (Å²) < 4.78 is 0. The maximum atomic E-state index is 12.1. The molecule has 3 nitrogen and oxygen atoms in total. The SMILES string of the molecule is Cc1ccc(C(=O)NC(C(N)=S)C2CC2)cc1C. The molecule has 4 heteroatoms. The molecule has 0 heterocycles. The van der Waals surface area contributed by atoms with Gasteiger partial charge in [-0.1, -0.05) is 18.3 Å². The molecular weight excluding hydrogens is 244 g/mol. The maximum absolute atomic E-state index is 12.1. The summed E-state index contributed by atoms with van der Waals surface area (Å²) in [6.45, 7) is 4.02. The molecule has 1 amide bonds. The van der Waals surface area contributed by atoms with E-state index in [1.165, 1.54) is 5.56 Å². The second-order valence-electron chi connectivity index (χ2n) is 4.99. The van der Waals surface area contributed by atoms with Crippen LogP contribution in [0.1, 0.15) is 34.3 Å². The predicted octanol–water partition coefficient (Wildman–Crippen LogP) is 2.10. The molecule has 0 radical (unpaired) electrons. The summed E-state index contributed by atoms with van der Waals surface area (Å²) >= 11 is 5.01. The molecule has 1 atom stereocenters. The van der Waals surface area contributed by atoms with Crippen molar-refractivity contribution in [1.29, 1.82) is 0 Å². The summed E-state index contributed by atoms with van der Waals surface area (Å²) in [6, 6.07) is 5.53. The zero-order valence-corrected chi connectivity index (χ0v) is 11.5. The lowest BCUT2D eigenvalue weighted by Crippen LogP contribution is -2.45. The van der Waals surface area contributed by atoms with Gasteiger partial charge in [0.2, 0.25) is 0 Å². The minimum absolute atomic E-state index is 0.0946. The summed E-state index contributed by atoms with van der Waals surface area (Å²) in [5.74, 6) is 0.334. The van der Waals surface area contributed by atoms with Gasteiger partial charge in [-0.05, 0) is 55.9 Å². The van der Waals surface area contributed by atoms with E-state index < -0.39 is 0 Å². The average Bonchev–Trinajstić information content (AvgIpc) is 3.13. The van der Waals surface area contributed by atoms with Gasteiger partial charge in [-0.25, -0.2) is 0 Å². The number of benzene rings is 1. The van der Waals surface area contributed by atoms with Gasteiger partial charge in [0.1, 0.15) is 0 Å². The van der Waals surface area contributed by atoms with Gasteiger partial charge < -0.3 is 11.1 Å². The van der Waals surface area contributed by atoms with Crippen molar-refractivity contribution in [2.45, 2.75) is 32.7 Å². The number of nitrogens with one attached hydrogen (secondary N) is 1. The molecule has 1 aliphatic rings. The van der Waals surface area contributed by atoms with Crippen LogP contribution in [0.15, 0.2) is 18.2 Å². The van der Waals surface area contributed by atoms with Crippen LogP contribution in [0.4, 0.5) is 0 Å². The fraction of sp³-hybridized carbons (Fsp3) is 0.429. The highest BCUT2D eigenvalue weighted by molar-refractivity contribution is 7.80. The van der Waals surface area contributed by atoms with E-state index in [9.17, 15) is 4.79 Å². The Kier molecular flexibility index (Phi) is 3.66. The van der Waals surface area contributed by atoms with Crippen molar-refractivity contribution in [2.75, 3.05) is 0 Å². The molecule has 0 aliphatic heterocycles. The molecule has 1 saturated carbocycles. The fourth-order valence-corrected chi connectivity index (χ4v) is 2.21. The monoisotopic (exact) mass is 262 g/mol. The summed E-state index contributed by atoms with van der Waals surface area (Å²) in [5.41, 5.74) is 8.63. The summed E-state index contributed by atoms with van der Waals surface area (Å²) in [7, 11) is 0. The largest absolute Gasteiger partial charge is 0.392 e. The van der Waals surface area contributed by atoms with E-state index in [0.717, 1.165) is 18.4 Å². The molecule has 96 valence electrons. The summed E-state index contributed by atoms with van der Waals surface area (Å²) in [4.78, 5) is 12.5. The second kappa shape index (κ2) is 5.06. The van der Waals surface area contributed by atoms with E-state index >= 15 is 0 Å². The van der Waals surface area contributed by atoms with Crippen LogP contribution in [0.25, 0.3) is 0 Å². The molecule has 3 N–H and O–H groups in total. The minimum Gasteiger partial charge on any atom is -0.392 e. The van der Waals surface area contributed by atoms with Gasteiger partial charge in [0, 0.05) is 5.56 Å². The van der Waals surface area contributed by atoms with E-state index in [1.807, 2.05) is 32.0 Å². The quantitative estimate of drug-likeness (QED) is 0.817. The minimum atomic E-state index is -0.158. The standard InChI is InChI=1S/C14H18N2OS/c1-8-3-4-11(7-9(8)2)14(17)16-12(13(15)18)10-5-6-10/h3-4,7,10,12H,5-6H2,1-2H3,(H2,15,18)(H,16,17). The first-order chi connectivity index (χ1) is 8.49. The second-order valence-corrected chi connectivity index (χ2v) is 5.46. The van der Waals surface area contributed by atoms with Crippen LogP contribution in [-0.4, -0.2) is 16.9 Å². The third-order valence-electron chi connectivity index (χ3n) is 3.46. The van der Waals surface area contributed by atoms with Crippen molar-refractivity contribution < 1.29 is 4.79 Å². The molecule has 2 rings (SSSR count). The smallest absolute Gasteiger partial charge is 0.251 e.